The van der Waals surface area contributed by atoms with E-state index in [-0.39, 0.29) is 11.6 Å². The highest BCUT2D eigenvalue weighted by molar-refractivity contribution is 5.73. The van der Waals surface area contributed by atoms with Crippen LogP contribution in [0.3, 0.4) is 0 Å². The summed E-state index contributed by atoms with van der Waals surface area (Å²) in [4.78, 5) is 16.9. The molecule has 0 bridgehead atoms. The minimum atomic E-state index is -0.547. The molecule has 1 saturated heterocycles. The van der Waals surface area contributed by atoms with E-state index in [1.807, 2.05) is 30.3 Å². The Labute approximate surface area is 168 Å². The fourth-order valence-electron chi connectivity index (χ4n) is 4.49. The third kappa shape index (κ3) is 5.46. The van der Waals surface area contributed by atoms with Crippen molar-refractivity contribution in [1.29, 1.82) is 0 Å². The molecule has 0 aromatic heterocycles. The number of urea groups is 1. The molecule has 1 aromatic carbocycles. The van der Waals surface area contributed by atoms with Crippen molar-refractivity contribution in [2.24, 2.45) is 0 Å². The first-order chi connectivity index (χ1) is 13.6. The summed E-state index contributed by atoms with van der Waals surface area (Å²) in [6.45, 7) is 4.69. The smallest absolute Gasteiger partial charge is 0.317 e. The lowest BCUT2D eigenvalue weighted by molar-refractivity contribution is -0.0360. The maximum absolute atomic E-state index is 12.6. The first-order valence-corrected chi connectivity index (χ1v) is 10.7. The van der Waals surface area contributed by atoms with E-state index in [0.29, 0.717) is 19.5 Å². The molecule has 0 spiro atoms. The Morgan fingerprint density at radius 1 is 1.21 bits per heavy atom. The average Bonchev–Trinajstić information content (AvgIpc) is 2.77. The number of aliphatic hydroxyl groups excluding tert-OH is 1. The molecule has 2 N–H and O–H groups in total. The van der Waals surface area contributed by atoms with E-state index in [9.17, 15) is 9.90 Å². The second kappa shape index (κ2) is 10.2. The number of ether oxygens (including phenoxy) is 1. The van der Waals surface area contributed by atoms with Crippen molar-refractivity contribution in [3.63, 3.8) is 0 Å². The van der Waals surface area contributed by atoms with Crippen LogP contribution in [0.25, 0.3) is 0 Å². The lowest BCUT2D eigenvalue weighted by Crippen LogP contribution is -2.60. The van der Waals surface area contributed by atoms with Gasteiger partial charge in [-0.1, -0.05) is 49.6 Å². The Morgan fingerprint density at radius 2 is 1.89 bits per heavy atom. The predicted molar refractivity (Wildman–Crippen MR) is 110 cm³/mol. The fraction of sp³-hybridized carbons (Fsp3) is 0.682. The molecular formula is C22H35N3O3. The Kier molecular flexibility index (Phi) is 7.71. The van der Waals surface area contributed by atoms with Gasteiger partial charge in [0.1, 0.15) is 0 Å². The number of nitrogens with zero attached hydrogens (tertiary/aromatic N) is 2. The number of carbonyl (C=O) groups excluding carboxylic acids is 1. The Balaban J connectivity index is 1.49. The molecule has 1 aromatic rings. The predicted octanol–water partition coefficient (Wildman–Crippen LogP) is 2.79. The highest BCUT2D eigenvalue weighted by Gasteiger charge is 2.39. The molecule has 1 heterocycles. The van der Waals surface area contributed by atoms with Crippen molar-refractivity contribution >= 4 is 6.03 Å². The number of carbonyl (C=O) groups is 1. The Morgan fingerprint density at radius 3 is 2.57 bits per heavy atom. The van der Waals surface area contributed by atoms with Gasteiger partial charge in [-0.15, -0.1) is 0 Å². The molecule has 6 heteroatoms. The van der Waals surface area contributed by atoms with Gasteiger partial charge in [-0.25, -0.2) is 4.79 Å². The minimum absolute atomic E-state index is 0.0570. The van der Waals surface area contributed by atoms with Crippen LogP contribution in [0.15, 0.2) is 30.3 Å². The van der Waals surface area contributed by atoms with Gasteiger partial charge in [-0.05, 0) is 24.8 Å². The van der Waals surface area contributed by atoms with Gasteiger partial charge in [0.15, 0.2) is 0 Å². The summed E-state index contributed by atoms with van der Waals surface area (Å²) in [5, 5.41) is 13.5. The molecule has 0 radical (unpaired) electrons. The topological polar surface area (TPSA) is 65.0 Å². The van der Waals surface area contributed by atoms with Crippen LogP contribution in [-0.2, 0) is 4.74 Å². The lowest BCUT2D eigenvalue weighted by atomic mass is 9.80. The molecule has 28 heavy (non-hydrogen) atoms. The number of amides is 2. The monoisotopic (exact) mass is 389 g/mol. The summed E-state index contributed by atoms with van der Waals surface area (Å²) < 4.78 is 5.53. The number of benzene rings is 1. The molecule has 1 saturated carbocycles. The summed E-state index contributed by atoms with van der Waals surface area (Å²) >= 11 is 0. The summed E-state index contributed by atoms with van der Waals surface area (Å²) in [5.41, 5.74) is 0.965. The molecule has 156 valence electrons. The number of rotatable bonds is 7. The number of hydrogen-bond donors (Lipinski definition) is 2. The SMILES string of the molecule is CN(CC[C@H](O)c1ccccc1)C(=O)NCC1(N2CCOCC2)CCCCC1. The molecule has 2 fully saturated rings. The molecular weight excluding hydrogens is 354 g/mol. The maximum atomic E-state index is 12.6. The van der Waals surface area contributed by atoms with Gasteiger partial charge >= 0.3 is 6.03 Å². The van der Waals surface area contributed by atoms with Crippen LogP contribution in [0, 0.1) is 0 Å². The average molecular weight is 390 g/mol. The van der Waals surface area contributed by atoms with E-state index < -0.39 is 6.10 Å². The van der Waals surface area contributed by atoms with Crippen LogP contribution in [-0.4, -0.2) is 72.9 Å². The van der Waals surface area contributed by atoms with Gasteiger partial charge in [0.2, 0.25) is 0 Å². The highest BCUT2D eigenvalue weighted by atomic mass is 16.5. The van der Waals surface area contributed by atoms with Crippen molar-refractivity contribution in [1.82, 2.24) is 15.1 Å². The third-order valence-corrected chi connectivity index (χ3v) is 6.30. The van der Waals surface area contributed by atoms with Crippen molar-refractivity contribution in [3.8, 4) is 0 Å². The summed E-state index contributed by atoms with van der Waals surface area (Å²) in [6.07, 6.45) is 6.01. The number of hydrogen-bond acceptors (Lipinski definition) is 4. The van der Waals surface area contributed by atoms with Crippen molar-refractivity contribution in [3.05, 3.63) is 35.9 Å². The first kappa shape index (κ1) is 21.1. The molecule has 2 amide bonds. The van der Waals surface area contributed by atoms with Crippen molar-refractivity contribution in [2.45, 2.75) is 50.2 Å². The van der Waals surface area contributed by atoms with Gasteiger partial charge in [0.25, 0.3) is 0 Å². The number of nitrogens with one attached hydrogen (secondary N) is 1. The second-order valence-electron chi connectivity index (χ2n) is 8.18. The van der Waals surface area contributed by atoms with E-state index in [1.165, 1.54) is 19.3 Å². The fourth-order valence-corrected chi connectivity index (χ4v) is 4.49. The largest absolute Gasteiger partial charge is 0.388 e. The first-order valence-electron chi connectivity index (χ1n) is 10.7. The molecule has 2 aliphatic rings. The highest BCUT2D eigenvalue weighted by Crippen LogP contribution is 2.33. The molecule has 3 rings (SSSR count). The van der Waals surface area contributed by atoms with Gasteiger partial charge in [0, 0.05) is 38.8 Å². The minimum Gasteiger partial charge on any atom is -0.388 e. The molecule has 0 unspecified atom stereocenters. The van der Waals surface area contributed by atoms with Crippen LogP contribution in [0.2, 0.25) is 0 Å². The molecule has 6 nitrogen and oxygen atoms in total. The summed E-state index contributed by atoms with van der Waals surface area (Å²) in [7, 11) is 1.80. The van der Waals surface area contributed by atoms with E-state index in [2.05, 4.69) is 10.2 Å². The molecule has 1 aliphatic heterocycles. The zero-order chi connectivity index (χ0) is 19.8. The third-order valence-electron chi connectivity index (χ3n) is 6.30. The Bertz CT molecular complexity index is 598. The van der Waals surface area contributed by atoms with Crippen LogP contribution in [0.5, 0.6) is 0 Å². The van der Waals surface area contributed by atoms with Crippen molar-refractivity contribution < 1.29 is 14.6 Å². The van der Waals surface area contributed by atoms with Crippen molar-refractivity contribution in [2.75, 3.05) is 46.4 Å². The Hall–Kier alpha value is -1.63. The van der Waals surface area contributed by atoms with Gasteiger partial charge < -0.3 is 20.1 Å². The normalized spacial score (nSPS) is 21.1. The molecule has 1 aliphatic carbocycles. The summed E-state index contributed by atoms with van der Waals surface area (Å²) in [6, 6.07) is 9.55. The quantitative estimate of drug-likeness (QED) is 0.753. The van der Waals surface area contributed by atoms with Gasteiger partial charge in [-0.3, -0.25) is 4.90 Å². The number of aliphatic hydroxyl groups is 1. The van der Waals surface area contributed by atoms with Crippen LogP contribution >= 0.6 is 0 Å². The zero-order valence-electron chi connectivity index (χ0n) is 17.1. The van der Waals surface area contributed by atoms with Gasteiger partial charge in [0.05, 0.1) is 19.3 Å². The van der Waals surface area contributed by atoms with Gasteiger partial charge in [-0.2, -0.15) is 0 Å². The van der Waals surface area contributed by atoms with Crippen LogP contribution < -0.4 is 5.32 Å². The maximum Gasteiger partial charge on any atom is 0.317 e. The second-order valence-corrected chi connectivity index (χ2v) is 8.18. The zero-order valence-corrected chi connectivity index (χ0v) is 17.1. The lowest BCUT2D eigenvalue weighted by Gasteiger charge is -2.48. The van der Waals surface area contributed by atoms with Crippen LogP contribution in [0.4, 0.5) is 4.79 Å². The summed E-state index contributed by atoms with van der Waals surface area (Å²) in [5.74, 6) is 0. The van der Waals surface area contributed by atoms with E-state index in [0.717, 1.165) is 44.7 Å². The standard InChI is InChI=1S/C22H35N3O3/c1-24(13-10-20(26)19-8-4-2-5-9-19)21(27)23-18-22(11-6-3-7-12-22)25-14-16-28-17-15-25/h2,4-5,8-9,20,26H,3,6-7,10-18H2,1H3,(H,23,27)/t20-/m0/s1. The van der Waals surface area contributed by atoms with Crippen LogP contribution in [0.1, 0.15) is 50.2 Å². The van der Waals surface area contributed by atoms with E-state index in [1.54, 1.807) is 11.9 Å². The number of morpholine rings is 1. The van der Waals surface area contributed by atoms with E-state index in [4.69, 9.17) is 4.74 Å². The van der Waals surface area contributed by atoms with E-state index >= 15 is 0 Å². The molecule has 1 atom stereocenters.